The van der Waals surface area contributed by atoms with Gasteiger partial charge in [-0.1, -0.05) is 38.1 Å². The summed E-state index contributed by atoms with van der Waals surface area (Å²) < 4.78 is 23.6. The van der Waals surface area contributed by atoms with Crippen LogP contribution in [0.3, 0.4) is 0 Å². The molecule has 2 aliphatic rings. The highest BCUT2D eigenvalue weighted by atomic mass is 32.2. The maximum atomic E-state index is 12.9. The predicted molar refractivity (Wildman–Crippen MR) is 104 cm³/mol. The molecule has 1 aliphatic heterocycles. The van der Waals surface area contributed by atoms with E-state index in [-0.39, 0.29) is 36.0 Å². The van der Waals surface area contributed by atoms with Crippen LogP contribution in [0, 0.1) is 0 Å². The Morgan fingerprint density at radius 3 is 2.46 bits per heavy atom. The molecule has 4 rings (SSSR count). The second kappa shape index (κ2) is 7.27. The molecular formula is C19H25N5O3S. The van der Waals surface area contributed by atoms with E-state index in [0.717, 1.165) is 18.4 Å². The highest BCUT2D eigenvalue weighted by molar-refractivity contribution is 7.91. The minimum Gasteiger partial charge on any atom is -0.334 e. The summed E-state index contributed by atoms with van der Waals surface area (Å²) in [5.41, 5.74) is 2.09. The molecule has 1 saturated heterocycles. The average molecular weight is 404 g/mol. The van der Waals surface area contributed by atoms with Crippen LogP contribution in [0.15, 0.2) is 24.3 Å². The van der Waals surface area contributed by atoms with Crippen molar-refractivity contribution in [1.29, 1.82) is 0 Å². The molecule has 1 aromatic heterocycles. The Morgan fingerprint density at radius 1 is 1.18 bits per heavy atom. The Balaban J connectivity index is 1.46. The lowest BCUT2D eigenvalue weighted by molar-refractivity contribution is -0.134. The second-order valence-electron chi connectivity index (χ2n) is 8.01. The maximum Gasteiger partial charge on any atom is 0.246 e. The minimum absolute atomic E-state index is 0.0237. The molecule has 0 radical (unpaired) electrons. The Morgan fingerprint density at radius 2 is 1.89 bits per heavy atom. The van der Waals surface area contributed by atoms with Gasteiger partial charge in [0.1, 0.15) is 6.54 Å². The van der Waals surface area contributed by atoms with Crippen molar-refractivity contribution in [2.45, 2.75) is 57.7 Å². The van der Waals surface area contributed by atoms with E-state index in [1.165, 1.54) is 10.4 Å². The lowest BCUT2D eigenvalue weighted by Gasteiger charge is -2.28. The summed E-state index contributed by atoms with van der Waals surface area (Å²) >= 11 is 0. The van der Waals surface area contributed by atoms with Crippen molar-refractivity contribution in [3.05, 3.63) is 29.8 Å². The number of benzene rings is 1. The number of aromatic nitrogens is 4. The van der Waals surface area contributed by atoms with Crippen LogP contribution >= 0.6 is 0 Å². The van der Waals surface area contributed by atoms with Gasteiger partial charge in [0.2, 0.25) is 11.7 Å². The third kappa shape index (κ3) is 4.09. The summed E-state index contributed by atoms with van der Waals surface area (Å²) in [6.45, 7) is 4.25. The molecular weight excluding hydrogens is 378 g/mol. The average Bonchev–Trinajstić information content (AvgIpc) is 3.25. The molecule has 2 aromatic rings. The first-order valence-electron chi connectivity index (χ1n) is 9.72. The summed E-state index contributed by atoms with van der Waals surface area (Å²) in [5.74, 6) is 1.01. The molecule has 1 aromatic carbocycles. The Bertz CT molecular complexity index is 964. The maximum absolute atomic E-state index is 12.9. The topological polar surface area (TPSA) is 98.0 Å². The molecule has 0 N–H and O–H groups in total. The fourth-order valence-corrected chi connectivity index (χ4v) is 5.41. The van der Waals surface area contributed by atoms with Crippen LogP contribution in [0.4, 0.5) is 0 Å². The number of hydrogen-bond acceptors (Lipinski definition) is 6. The standard InChI is InChI=1S/C19H25N5O3S/c1-13(2)14-3-5-15(6-4-14)19-20-22-23(21-19)11-18(25)24(16-7-8-16)17-9-10-28(26,27)12-17/h3-6,13,16-17H,7-12H2,1-2H3/t17-/m1/s1. The molecule has 8 nitrogen and oxygen atoms in total. The highest BCUT2D eigenvalue weighted by Gasteiger charge is 2.42. The number of tetrazole rings is 1. The van der Waals surface area contributed by atoms with Gasteiger partial charge >= 0.3 is 0 Å². The van der Waals surface area contributed by atoms with Gasteiger partial charge in [-0.15, -0.1) is 10.2 Å². The molecule has 2 heterocycles. The van der Waals surface area contributed by atoms with Crippen molar-refractivity contribution < 1.29 is 13.2 Å². The van der Waals surface area contributed by atoms with Crippen LogP contribution in [-0.2, 0) is 21.2 Å². The van der Waals surface area contributed by atoms with E-state index in [9.17, 15) is 13.2 Å². The molecule has 1 saturated carbocycles. The van der Waals surface area contributed by atoms with E-state index in [0.29, 0.717) is 18.2 Å². The molecule has 2 fully saturated rings. The molecule has 150 valence electrons. The number of sulfone groups is 1. The lowest BCUT2D eigenvalue weighted by atomic mass is 10.0. The molecule has 1 amide bonds. The Kier molecular flexibility index (Phi) is 4.95. The van der Waals surface area contributed by atoms with Gasteiger partial charge in [-0.3, -0.25) is 4.79 Å². The zero-order chi connectivity index (χ0) is 19.9. The largest absolute Gasteiger partial charge is 0.334 e. The van der Waals surface area contributed by atoms with Crippen LogP contribution in [0.5, 0.6) is 0 Å². The SMILES string of the molecule is CC(C)c1ccc(-c2nnn(CC(=O)N(C3CC3)[C@@H]3CCS(=O)(=O)C3)n2)cc1. The summed E-state index contributed by atoms with van der Waals surface area (Å²) in [5, 5.41) is 12.4. The fraction of sp³-hybridized carbons (Fsp3) is 0.579. The van der Waals surface area contributed by atoms with Crippen molar-refractivity contribution in [2.24, 2.45) is 0 Å². The van der Waals surface area contributed by atoms with Crippen molar-refractivity contribution >= 4 is 15.7 Å². The lowest BCUT2D eigenvalue weighted by Crippen LogP contribution is -2.44. The first kappa shape index (κ1) is 19.0. The molecule has 9 heteroatoms. The van der Waals surface area contributed by atoms with E-state index >= 15 is 0 Å². The summed E-state index contributed by atoms with van der Waals surface area (Å²) in [4.78, 5) is 15.9. The number of amides is 1. The van der Waals surface area contributed by atoms with Gasteiger partial charge in [-0.2, -0.15) is 4.80 Å². The normalized spacial score (nSPS) is 21.2. The molecule has 1 atom stereocenters. The third-order valence-electron chi connectivity index (χ3n) is 5.40. The van der Waals surface area contributed by atoms with Crippen molar-refractivity contribution in [2.75, 3.05) is 11.5 Å². The number of carbonyl (C=O) groups excluding carboxylic acids is 1. The van der Waals surface area contributed by atoms with E-state index in [4.69, 9.17) is 0 Å². The van der Waals surface area contributed by atoms with E-state index in [1.807, 2.05) is 24.3 Å². The van der Waals surface area contributed by atoms with Crippen molar-refractivity contribution in [1.82, 2.24) is 25.1 Å². The number of nitrogens with zero attached hydrogens (tertiary/aromatic N) is 5. The fourth-order valence-electron chi connectivity index (χ4n) is 3.70. The first-order valence-corrected chi connectivity index (χ1v) is 11.5. The number of hydrogen-bond donors (Lipinski definition) is 0. The molecule has 0 spiro atoms. The van der Waals surface area contributed by atoms with Gasteiger partial charge in [0.15, 0.2) is 9.84 Å². The summed E-state index contributed by atoms with van der Waals surface area (Å²) in [7, 11) is -3.04. The first-order chi connectivity index (χ1) is 13.3. The van der Waals surface area contributed by atoms with Crippen molar-refractivity contribution in [3.8, 4) is 11.4 Å². The van der Waals surface area contributed by atoms with E-state index < -0.39 is 9.84 Å². The van der Waals surface area contributed by atoms with Crippen LogP contribution in [-0.4, -0.2) is 63.0 Å². The smallest absolute Gasteiger partial charge is 0.246 e. The number of rotatable bonds is 6. The molecule has 0 bridgehead atoms. The van der Waals surface area contributed by atoms with Crippen molar-refractivity contribution in [3.63, 3.8) is 0 Å². The van der Waals surface area contributed by atoms with Gasteiger partial charge < -0.3 is 4.90 Å². The monoisotopic (exact) mass is 403 g/mol. The van der Waals surface area contributed by atoms with Crippen LogP contribution in [0.25, 0.3) is 11.4 Å². The summed E-state index contributed by atoms with van der Waals surface area (Å²) in [6.07, 6.45) is 2.38. The van der Waals surface area contributed by atoms with Gasteiger partial charge in [0.25, 0.3) is 0 Å². The highest BCUT2D eigenvalue weighted by Crippen LogP contribution is 2.32. The van der Waals surface area contributed by atoms with Crippen LogP contribution in [0.2, 0.25) is 0 Å². The third-order valence-corrected chi connectivity index (χ3v) is 7.15. The Labute approximate surface area is 164 Å². The quantitative estimate of drug-likeness (QED) is 0.727. The molecule has 1 aliphatic carbocycles. The van der Waals surface area contributed by atoms with Gasteiger partial charge in [0.05, 0.1) is 11.5 Å². The zero-order valence-electron chi connectivity index (χ0n) is 16.2. The second-order valence-corrected chi connectivity index (χ2v) is 10.2. The van der Waals surface area contributed by atoms with Crippen LogP contribution < -0.4 is 0 Å². The Hall–Kier alpha value is -2.29. The van der Waals surface area contributed by atoms with Crippen LogP contribution in [0.1, 0.15) is 44.6 Å². The predicted octanol–water partition coefficient (Wildman–Crippen LogP) is 1.64. The molecule has 28 heavy (non-hydrogen) atoms. The van der Waals surface area contributed by atoms with Gasteiger partial charge in [-0.25, -0.2) is 8.42 Å². The van der Waals surface area contributed by atoms with E-state index in [2.05, 4.69) is 29.3 Å². The molecule has 0 unspecified atom stereocenters. The zero-order valence-corrected chi connectivity index (χ0v) is 17.0. The minimum atomic E-state index is -3.04. The van der Waals surface area contributed by atoms with Gasteiger partial charge in [0, 0.05) is 17.6 Å². The number of carbonyl (C=O) groups is 1. The summed E-state index contributed by atoms with van der Waals surface area (Å²) in [6, 6.07) is 7.92. The van der Waals surface area contributed by atoms with E-state index in [1.54, 1.807) is 4.90 Å². The van der Waals surface area contributed by atoms with Gasteiger partial charge in [-0.05, 0) is 36.0 Å².